The minimum Gasteiger partial charge on any atom is -0.381 e. The average Bonchev–Trinajstić information content (AvgIpc) is 2.07. The van der Waals surface area contributed by atoms with Crippen LogP contribution in [0.4, 0.5) is 0 Å². The van der Waals surface area contributed by atoms with E-state index in [0.29, 0.717) is 6.04 Å². The Morgan fingerprint density at radius 3 is 2.69 bits per heavy atom. The molecule has 2 heteroatoms. The maximum atomic E-state index is 5.57. The third kappa shape index (κ3) is 4.63. The van der Waals surface area contributed by atoms with Gasteiger partial charge in [0.05, 0.1) is 0 Å². The Bertz CT molecular complexity index is 117. The molecule has 0 radical (unpaired) electrons. The molecule has 78 valence electrons. The fourth-order valence-electron chi connectivity index (χ4n) is 1.54. The van der Waals surface area contributed by atoms with Crippen molar-refractivity contribution >= 4 is 0 Å². The number of hydrogen-bond acceptors (Lipinski definition) is 2. The highest BCUT2D eigenvalue weighted by Gasteiger charge is 2.16. The molecule has 0 aromatic rings. The molecule has 0 amide bonds. The fraction of sp³-hybridized carbons (Fsp3) is 1.00. The predicted molar refractivity (Wildman–Crippen MR) is 55.9 cm³/mol. The molecule has 1 aliphatic rings. The van der Waals surface area contributed by atoms with Gasteiger partial charge in [0.15, 0.2) is 0 Å². The van der Waals surface area contributed by atoms with E-state index in [9.17, 15) is 0 Å². The van der Waals surface area contributed by atoms with Crippen molar-refractivity contribution in [3.63, 3.8) is 0 Å². The maximum Gasteiger partial charge on any atom is 0.0480 e. The van der Waals surface area contributed by atoms with E-state index in [1.165, 1.54) is 25.7 Å². The molecule has 1 fully saturated rings. The van der Waals surface area contributed by atoms with Crippen LogP contribution < -0.4 is 5.32 Å². The van der Waals surface area contributed by atoms with Gasteiger partial charge in [0, 0.05) is 19.3 Å². The van der Waals surface area contributed by atoms with Crippen molar-refractivity contribution in [2.24, 2.45) is 5.92 Å². The van der Waals surface area contributed by atoms with Gasteiger partial charge in [0.25, 0.3) is 0 Å². The highest BCUT2D eigenvalue weighted by molar-refractivity contribution is 4.68. The van der Waals surface area contributed by atoms with Gasteiger partial charge in [-0.15, -0.1) is 0 Å². The molecule has 0 saturated heterocycles. The Balaban J connectivity index is 1.78. The number of hydrogen-bond donors (Lipinski definition) is 1. The zero-order chi connectivity index (χ0) is 9.52. The van der Waals surface area contributed by atoms with Crippen LogP contribution in [-0.4, -0.2) is 26.3 Å². The molecule has 1 unspecified atom stereocenters. The lowest BCUT2D eigenvalue weighted by molar-refractivity contribution is 0.100. The molecule has 0 aromatic heterocycles. The number of rotatable bonds is 7. The lowest BCUT2D eigenvalue weighted by atomic mass is 9.83. The standard InChI is InChI=1S/C11H23NO/c1-10(12-2)6-8-13-9-7-11-4-3-5-11/h10-12H,3-9H2,1-2H3. The van der Waals surface area contributed by atoms with Crippen LogP contribution >= 0.6 is 0 Å². The van der Waals surface area contributed by atoms with E-state index in [1.807, 2.05) is 7.05 Å². The third-order valence-corrected chi connectivity index (χ3v) is 3.08. The molecule has 0 aliphatic heterocycles. The van der Waals surface area contributed by atoms with Gasteiger partial charge in [-0.25, -0.2) is 0 Å². The summed E-state index contributed by atoms with van der Waals surface area (Å²) in [7, 11) is 2.00. The summed E-state index contributed by atoms with van der Waals surface area (Å²) >= 11 is 0. The summed E-state index contributed by atoms with van der Waals surface area (Å²) in [5, 5.41) is 3.21. The number of ether oxygens (including phenoxy) is 1. The molecule has 1 saturated carbocycles. The Labute approximate surface area is 82.0 Å². The quantitative estimate of drug-likeness (QED) is 0.614. The first-order valence-corrected chi connectivity index (χ1v) is 5.58. The van der Waals surface area contributed by atoms with Crippen molar-refractivity contribution in [1.29, 1.82) is 0 Å². The molecule has 1 atom stereocenters. The highest BCUT2D eigenvalue weighted by atomic mass is 16.5. The molecular formula is C11H23NO. The monoisotopic (exact) mass is 185 g/mol. The summed E-state index contributed by atoms with van der Waals surface area (Å²) in [6.07, 6.45) is 6.74. The third-order valence-electron chi connectivity index (χ3n) is 3.08. The Morgan fingerprint density at radius 1 is 1.38 bits per heavy atom. The van der Waals surface area contributed by atoms with Crippen molar-refractivity contribution in [2.75, 3.05) is 20.3 Å². The topological polar surface area (TPSA) is 21.3 Å². The van der Waals surface area contributed by atoms with E-state index < -0.39 is 0 Å². The fourth-order valence-corrected chi connectivity index (χ4v) is 1.54. The zero-order valence-electron chi connectivity index (χ0n) is 9.01. The largest absolute Gasteiger partial charge is 0.381 e. The van der Waals surface area contributed by atoms with Gasteiger partial charge < -0.3 is 10.1 Å². The molecule has 0 spiro atoms. The zero-order valence-corrected chi connectivity index (χ0v) is 9.01. The van der Waals surface area contributed by atoms with Crippen LogP contribution in [0.25, 0.3) is 0 Å². The summed E-state index contributed by atoms with van der Waals surface area (Å²) in [4.78, 5) is 0. The van der Waals surface area contributed by atoms with Gasteiger partial charge in [-0.3, -0.25) is 0 Å². The minimum absolute atomic E-state index is 0.587. The summed E-state index contributed by atoms with van der Waals surface area (Å²) in [5.74, 6) is 0.988. The van der Waals surface area contributed by atoms with Gasteiger partial charge >= 0.3 is 0 Å². The van der Waals surface area contributed by atoms with E-state index >= 15 is 0 Å². The first-order chi connectivity index (χ1) is 6.33. The van der Waals surface area contributed by atoms with Gasteiger partial charge in [-0.05, 0) is 32.7 Å². The smallest absolute Gasteiger partial charge is 0.0480 e. The van der Waals surface area contributed by atoms with Gasteiger partial charge in [-0.1, -0.05) is 19.3 Å². The minimum atomic E-state index is 0.587. The second kappa shape index (κ2) is 6.39. The molecule has 13 heavy (non-hydrogen) atoms. The SMILES string of the molecule is CNC(C)CCOCCC1CCC1. The van der Waals surface area contributed by atoms with E-state index in [0.717, 1.165) is 25.6 Å². The van der Waals surface area contributed by atoms with Crippen LogP contribution in [0.1, 0.15) is 39.0 Å². The van der Waals surface area contributed by atoms with Crippen LogP contribution in [-0.2, 0) is 4.74 Å². The van der Waals surface area contributed by atoms with E-state index in [-0.39, 0.29) is 0 Å². The lowest BCUT2D eigenvalue weighted by Crippen LogP contribution is -2.23. The molecule has 0 aromatic carbocycles. The average molecular weight is 185 g/mol. The van der Waals surface area contributed by atoms with Gasteiger partial charge in [0.1, 0.15) is 0 Å². The second-order valence-electron chi connectivity index (χ2n) is 4.18. The molecule has 1 rings (SSSR count). The van der Waals surface area contributed by atoms with E-state index in [4.69, 9.17) is 4.74 Å². The number of nitrogens with one attached hydrogen (secondary N) is 1. The predicted octanol–water partition coefficient (Wildman–Crippen LogP) is 2.19. The molecule has 1 N–H and O–H groups in total. The molecule has 0 bridgehead atoms. The van der Waals surface area contributed by atoms with Crippen LogP contribution in [0.2, 0.25) is 0 Å². The normalized spacial score (nSPS) is 19.8. The summed E-state index contributed by atoms with van der Waals surface area (Å²) in [6, 6.07) is 0.587. The molecule has 2 nitrogen and oxygen atoms in total. The van der Waals surface area contributed by atoms with Crippen LogP contribution in [0.3, 0.4) is 0 Å². The van der Waals surface area contributed by atoms with Crippen molar-refractivity contribution in [2.45, 2.75) is 45.1 Å². The maximum absolute atomic E-state index is 5.57. The van der Waals surface area contributed by atoms with Crippen molar-refractivity contribution < 1.29 is 4.74 Å². The van der Waals surface area contributed by atoms with E-state index in [2.05, 4.69) is 12.2 Å². The summed E-state index contributed by atoms with van der Waals surface area (Å²) in [6.45, 7) is 4.07. The van der Waals surface area contributed by atoms with Crippen LogP contribution in [0.15, 0.2) is 0 Å². The van der Waals surface area contributed by atoms with Crippen molar-refractivity contribution in [3.05, 3.63) is 0 Å². The summed E-state index contributed by atoms with van der Waals surface area (Å²) < 4.78 is 5.57. The lowest BCUT2D eigenvalue weighted by Gasteiger charge is -2.24. The van der Waals surface area contributed by atoms with Crippen LogP contribution in [0, 0.1) is 5.92 Å². The van der Waals surface area contributed by atoms with E-state index in [1.54, 1.807) is 0 Å². The molecular weight excluding hydrogens is 162 g/mol. The van der Waals surface area contributed by atoms with Crippen molar-refractivity contribution in [1.82, 2.24) is 5.32 Å². The van der Waals surface area contributed by atoms with Crippen LogP contribution in [0.5, 0.6) is 0 Å². The van der Waals surface area contributed by atoms with Gasteiger partial charge in [-0.2, -0.15) is 0 Å². The van der Waals surface area contributed by atoms with Gasteiger partial charge in [0.2, 0.25) is 0 Å². The Morgan fingerprint density at radius 2 is 2.15 bits per heavy atom. The Hall–Kier alpha value is -0.0800. The highest BCUT2D eigenvalue weighted by Crippen LogP contribution is 2.29. The van der Waals surface area contributed by atoms with Crippen molar-refractivity contribution in [3.8, 4) is 0 Å². The Kier molecular flexibility index (Phi) is 5.40. The summed E-state index contributed by atoms with van der Waals surface area (Å²) in [5.41, 5.74) is 0. The molecule has 1 aliphatic carbocycles. The second-order valence-corrected chi connectivity index (χ2v) is 4.18. The first kappa shape index (κ1) is 11.0. The first-order valence-electron chi connectivity index (χ1n) is 5.58. The molecule has 0 heterocycles.